The van der Waals surface area contributed by atoms with Crippen LogP contribution >= 0.6 is 12.4 Å². The molecule has 2 aliphatic rings. The number of fused-ring (bicyclic) bond motifs is 2. The van der Waals surface area contributed by atoms with Gasteiger partial charge in [-0.2, -0.15) is 0 Å². The molecule has 0 amide bonds. The molecule has 0 spiro atoms. The molecule has 1 saturated heterocycles. The first-order chi connectivity index (χ1) is 4.90. The van der Waals surface area contributed by atoms with Gasteiger partial charge >= 0.3 is 0 Å². The second-order valence-electron chi connectivity index (χ2n) is 3.70. The van der Waals surface area contributed by atoms with Crippen LogP contribution in [0.25, 0.3) is 0 Å². The Balaban J connectivity index is 0.000000605. The Morgan fingerprint density at radius 3 is 2.73 bits per heavy atom. The fraction of sp³-hybridized carbons (Fsp3) is 1.00. The molecule has 66 valence electrons. The van der Waals surface area contributed by atoms with E-state index in [2.05, 4.69) is 5.32 Å². The normalized spacial score (nSPS) is 41.7. The SMILES string of the molecule is Cl.OC[C@@H]1C[C@H]2CNC[C@@H]1C2. The van der Waals surface area contributed by atoms with Gasteiger partial charge in [0.15, 0.2) is 0 Å². The standard InChI is InChI=1S/C8H15NO.ClH/c10-5-8-2-6-1-7(8)4-9-3-6;/h6-10H,1-5H2;1H/t6-,7-,8-;/m0./s1. The van der Waals surface area contributed by atoms with Crippen LogP contribution in [0.2, 0.25) is 0 Å². The van der Waals surface area contributed by atoms with Crippen molar-refractivity contribution < 1.29 is 5.11 Å². The van der Waals surface area contributed by atoms with Crippen LogP contribution in [0.4, 0.5) is 0 Å². The summed E-state index contributed by atoms with van der Waals surface area (Å²) < 4.78 is 0. The largest absolute Gasteiger partial charge is 0.396 e. The summed E-state index contributed by atoms with van der Waals surface area (Å²) in [5.41, 5.74) is 0. The van der Waals surface area contributed by atoms with Gasteiger partial charge in [-0.25, -0.2) is 0 Å². The summed E-state index contributed by atoms with van der Waals surface area (Å²) >= 11 is 0. The lowest BCUT2D eigenvalue weighted by Gasteiger charge is -2.20. The van der Waals surface area contributed by atoms with Crippen molar-refractivity contribution in [1.29, 1.82) is 0 Å². The van der Waals surface area contributed by atoms with Gasteiger partial charge in [-0.15, -0.1) is 12.4 Å². The molecule has 1 aliphatic carbocycles. The van der Waals surface area contributed by atoms with Crippen LogP contribution < -0.4 is 5.32 Å². The fourth-order valence-corrected chi connectivity index (χ4v) is 2.45. The van der Waals surface area contributed by atoms with E-state index in [1.54, 1.807) is 0 Å². The summed E-state index contributed by atoms with van der Waals surface area (Å²) in [5, 5.41) is 12.4. The van der Waals surface area contributed by atoms with Crippen molar-refractivity contribution in [2.45, 2.75) is 12.8 Å². The van der Waals surface area contributed by atoms with Gasteiger partial charge in [0.25, 0.3) is 0 Å². The molecule has 1 saturated carbocycles. The Labute approximate surface area is 73.8 Å². The van der Waals surface area contributed by atoms with Gasteiger partial charge in [-0.05, 0) is 43.7 Å². The zero-order chi connectivity index (χ0) is 6.97. The minimum absolute atomic E-state index is 0. The van der Waals surface area contributed by atoms with Crippen molar-refractivity contribution in [3.8, 4) is 0 Å². The third-order valence-electron chi connectivity index (χ3n) is 3.01. The summed E-state index contributed by atoms with van der Waals surface area (Å²) in [4.78, 5) is 0. The van der Waals surface area contributed by atoms with E-state index in [-0.39, 0.29) is 12.4 Å². The lowest BCUT2D eigenvalue weighted by Crippen LogP contribution is -2.32. The molecule has 3 atom stereocenters. The predicted molar refractivity (Wildman–Crippen MR) is 46.9 cm³/mol. The first-order valence-electron chi connectivity index (χ1n) is 4.21. The van der Waals surface area contributed by atoms with Crippen LogP contribution in [-0.2, 0) is 0 Å². The third kappa shape index (κ3) is 1.68. The van der Waals surface area contributed by atoms with Crippen molar-refractivity contribution in [3.63, 3.8) is 0 Å². The molecule has 0 radical (unpaired) electrons. The van der Waals surface area contributed by atoms with E-state index in [1.165, 1.54) is 19.4 Å². The molecule has 2 fully saturated rings. The van der Waals surface area contributed by atoms with Crippen LogP contribution in [0.3, 0.4) is 0 Å². The minimum Gasteiger partial charge on any atom is -0.396 e. The van der Waals surface area contributed by atoms with Gasteiger partial charge in [0, 0.05) is 6.61 Å². The van der Waals surface area contributed by atoms with Crippen molar-refractivity contribution in [1.82, 2.24) is 5.32 Å². The Bertz CT molecular complexity index is 131. The summed E-state index contributed by atoms with van der Waals surface area (Å²) in [6.45, 7) is 2.73. The third-order valence-corrected chi connectivity index (χ3v) is 3.01. The number of rotatable bonds is 1. The highest BCUT2D eigenvalue weighted by atomic mass is 35.5. The van der Waals surface area contributed by atoms with Crippen molar-refractivity contribution in [2.75, 3.05) is 19.7 Å². The molecule has 11 heavy (non-hydrogen) atoms. The highest BCUT2D eigenvalue weighted by Gasteiger charge is 2.36. The minimum atomic E-state index is 0. The smallest absolute Gasteiger partial charge is 0.0462 e. The van der Waals surface area contributed by atoms with Crippen molar-refractivity contribution in [3.05, 3.63) is 0 Å². The predicted octanol–water partition coefficient (Wildman–Crippen LogP) is 0.646. The molecular weight excluding hydrogens is 162 g/mol. The number of aliphatic hydroxyl groups is 1. The van der Waals surface area contributed by atoms with Gasteiger partial charge in [0.05, 0.1) is 0 Å². The van der Waals surface area contributed by atoms with E-state index in [4.69, 9.17) is 5.11 Å². The average molecular weight is 178 g/mol. The molecule has 0 unspecified atom stereocenters. The highest BCUT2D eigenvalue weighted by Crippen LogP contribution is 2.37. The Morgan fingerprint density at radius 2 is 2.09 bits per heavy atom. The fourth-order valence-electron chi connectivity index (χ4n) is 2.45. The molecular formula is C8H16ClNO. The summed E-state index contributed by atoms with van der Waals surface area (Å²) in [5.74, 6) is 2.26. The van der Waals surface area contributed by atoms with E-state index < -0.39 is 0 Å². The average Bonchev–Trinajstić information content (AvgIpc) is 2.26. The Kier molecular flexibility index (Phi) is 3.16. The highest BCUT2D eigenvalue weighted by molar-refractivity contribution is 5.85. The van der Waals surface area contributed by atoms with Gasteiger partial charge in [0.1, 0.15) is 0 Å². The summed E-state index contributed by atoms with van der Waals surface area (Å²) in [6, 6.07) is 0. The van der Waals surface area contributed by atoms with Crippen molar-refractivity contribution >= 4 is 12.4 Å². The second kappa shape index (κ2) is 3.74. The number of halogens is 1. The molecule has 0 aromatic carbocycles. The number of nitrogens with one attached hydrogen (secondary N) is 1. The summed E-state index contributed by atoms with van der Waals surface area (Å²) in [6.07, 6.45) is 2.62. The summed E-state index contributed by atoms with van der Waals surface area (Å²) in [7, 11) is 0. The van der Waals surface area contributed by atoms with Crippen LogP contribution in [0.15, 0.2) is 0 Å². The van der Waals surface area contributed by atoms with Gasteiger partial charge in [-0.1, -0.05) is 0 Å². The zero-order valence-corrected chi connectivity index (χ0v) is 7.44. The number of aliphatic hydroxyl groups excluding tert-OH is 1. The number of hydrogen-bond acceptors (Lipinski definition) is 2. The monoisotopic (exact) mass is 177 g/mol. The molecule has 2 nitrogen and oxygen atoms in total. The zero-order valence-electron chi connectivity index (χ0n) is 6.62. The van der Waals surface area contributed by atoms with E-state index in [1.807, 2.05) is 0 Å². The van der Waals surface area contributed by atoms with E-state index in [0.717, 1.165) is 18.4 Å². The van der Waals surface area contributed by atoms with E-state index >= 15 is 0 Å². The Hall–Kier alpha value is 0.210. The van der Waals surface area contributed by atoms with Crippen LogP contribution in [-0.4, -0.2) is 24.8 Å². The van der Waals surface area contributed by atoms with E-state index in [9.17, 15) is 0 Å². The lowest BCUT2D eigenvalue weighted by atomic mass is 9.96. The maximum atomic E-state index is 8.99. The van der Waals surface area contributed by atoms with Gasteiger partial charge in [0.2, 0.25) is 0 Å². The second-order valence-corrected chi connectivity index (χ2v) is 3.70. The first-order valence-corrected chi connectivity index (χ1v) is 4.21. The van der Waals surface area contributed by atoms with E-state index in [0.29, 0.717) is 12.5 Å². The molecule has 2 rings (SSSR count). The van der Waals surface area contributed by atoms with Crippen molar-refractivity contribution in [2.24, 2.45) is 17.8 Å². The quantitative estimate of drug-likeness (QED) is 0.617. The van der Waals surface area contributed by atoms with Gasteiger partial charge in [-0.3, -0.25) is 0 Å². The van der Waals surface area contributed by atoms with Gasteiger partial charge < -0.3 is 10.4 Å². The van der Waals surface area contributed by atoms with Crippen LogP contribution in [0.5, 0.6) is 0 Å². The lowest BCUT2D eigenvalue weighted by molar-refractivity contribution is 0.195. The molecule has 1 heterocycles. The topological polar surface area (TPSA) is 32.3 Å². The molecule has 0 aromatic rings. The molecule has 3 heteroatoms. The maximum Gasteiger partial charge on any atom is 0.0462 e. The Morgan fingerprint density at radius 1 is 1.27 bits per heavy atom. The van der Waals surface area contributed by atoms with Crippen LogP contribution in [0.1, 0.15) is 12.8 Å². The first kappa shape index (κ1) is 9.30. The molecule has 2 N–H and O–H groups in total. The molecule has 1 aliphatic heterocycles. The number of hydrogen-bond donors (Lipinski definition) is 2. The molecule has 2 bridgehead atoms. The van der Waals surface area contributed by atoms with Crippen LogP contribution in [0, 0.1) is 17.8 Å². The molecule has 0 aromatic heterocycles. The maximum absolute atomic E-state index is 8.99. The number of piperidine rings is 1.